The Hall–Kier alpha value is -2.75. The van der Waals surface area contributed by atoms with Gasteiger partial charge in [0, 0.05) is 28.9 Å². The fraction of sp³-hybridized carbons (Fsp3) is 0.211. The van der Waals surface area contributed by atoms with Gasteiger partial charge in [-0.05, 0) is 17.5 Å². The van der Waals surface area contributed by atoms with Crippen molar-refractivity contribution in [2.75, 3.05) is 0 Å². The van der Waals surface area contributed by atoms with Gasteiger partial charge >= 0.3 is 0 Å². The molecule has 0 saturated heterocycles. The molecule has 0 aliphatic carbocycles. The van der Waals surface area contributed by atoms with Crippen LogP contribution in [0.25, 0.3) is 27.3 Å². The summed E-state index contributed by atoms with van der Waals surface area (Å²) < 4.78 is 1.98. The van der Waals surface area contributed by atoms with E-state index in [1.165, 1.54) is 0 Å². The van der Waals surface area contributed by atoms with Gasteiger partial charge < -0.3 is 4.40 Å². The molecule has 3 aromatic heterocycles. The molecule has 3 heterocycles. The topological polar surface area (TPSA) is 47.3 Å². The molecule has 0 saturated carbocycles. The SMILES string of the molecule is CC(C)(C)c1cc2c(cn1)c(=O)nc1c3ccccc3ccn21. The summed E-state index contributed by atoms with van der Waals surface area (Å²) in [6.45, 7) is 6.34. The lowest BCUT2D eigenvalue weighted by molar-refractivity contribution is 0.570. The third kappa shape index (κ3) is 2.10. The molecule has 23 heavy (non-hydrogen) atoms. The zero-order valence-electron chi connectivity index (χ0n) is 13.4. The lowest BCUT2D eigenvalue weighted by atomic mass is 9.91. The molecule has 1 aromatic carbocycles. The molecule has 114 valence electrons. The summed E-state index contributed by atoms with van der Waals surface area (Å²) in [5.41, 5.74) is 2.18. The zero-order chi connectivity index (χ0) is 16.2. The summed E-state index contributed by atoms with van der Waals surface area (Å²) in [4.78, 5) is 21.2. The molecule has 0 amide bonds. The van der Waals surface area contributed by atoms with Gasteiger partial charge in [0.05, 0.1) is 10.9 Å². The number of hydrogen-bond acceptors (Lipinski definition) is 3. The number of fused-ring (bicyclic) bond motifs is 5. The predicted octanol–water partition coefficient (Wildman–Crippen LogP) is 3.69. The largest absolute Gasteiger partial charge is 0.300 e. The summed E-state index contributed by atoms with van der Waals surface area (Å²) >= 11 is 0. The Morgan fingerprint density at radius 2 is 1.83 bits per heavy atom. The summed E-state index contributed by atoms with van der Waals surface area (Å²) in [7, 11) is 0. The van der Waals surface area contributed by atoms with Crippen molar-refractivity contribution < 1.29 is 0 Å². The number of hydrogen-bond donors (Lipinski definition) is 0. The number of benzene rings is 1. The Bertz CT molecular complexity index is 1120. The van der Waals surface area contributed by atoms with Crippen LogP contribution >= 0.6 is 0 Å². The molecule has 0 bridgehead atoms. The van der Waals surface area contributed by atoms with Crippen molar-refractivity contribution in [3.05, 3.63) is 64.8 Å². The highest BCUT2D eigenvalue weighted by Gasteiger charge is 2.17. The quantitative estimate of drug-likeness (QED) is 0.465. The van der Waals surface area contributed by atoms with Crippen LogP contribution in [0.4, 0.5) is 0 Å². The molecule has 0 aliphatic heterocycles. The van der Waals surface area contributed by atoms with Gasteiger partial charge in [0.2, 0.25) is 0 Å². The molecule has 0 atom stereocenters. The summed E-state index contributed by atoms with van der Waals surface area (Å²) in [5.74, 6) is 0. The normalized spacial score (nSPS) is 12.3. The van der Waals surface area contributed by atoms with Crippen LogP contribution in [0.5, 0.6) is 0 Å². The van der Waals surface area contributed by atoms with E-state index < -0.39 is 0 Å². The van der Waals surface area contributed by atoms with Gasteiger partial charge in [-0.25, -0.2) is 0 Å². The molecule has 0 aliphatic rings. The Balaban J connectivity index is 2.23. The third-order valence-electron chi connectivity index (χ3n) is 4.18. The molecule has 4 heteroatoms. The molecule has 0 spiro atoms. The van der Waals surface area contributed by atoms with Crippen LogP contribution in [0.15, 0.2) is 53.6 Å². The smallest absolute Gasteiger partial charge is 0.282 e. The second kappa shape index (κ2) is 4.62. The van der Waals surface area contributed by atoms with Crippen molar-refractivity contribution in [2.45, 2.75) is 26.2 Å². The van der Waals surface area contributed by atoms with Crippen molar-refractivity contribution >= 4 is 27.3 Å². The van der Waals surface area contributed by atoms with E-state index in [0.717, 1.165) is 22.0 Å². The van der Waals surface area contributed by atoms with E-state index in [2.05, 4.69) is 30.7 Å². The van der Waals surface area contributed by atoms with E-state index in [1.54, 1.807) is 6.20 Å². The van der Waals surface area contributed by atoms with Crippen molar-refractivity contribution in [1.82, 2.24) is 14.4 Å². The highest BCUT2D eigenvalue weighted by atomic mass is 16.1. The summed E-state index contributed by atoms with van der Waals surface area (Å²) in [5, 5.41) is 2.60. The lowest BCUT2D eigenvalue weighted by Gasteiger charge is -2.18. The second-order valence-corrected chi connectivity index (χ2v) is 6.85. The van der Waals surface area contributed by atoms with Gasteiger partial charge in [-0.3, -0.25) is 9.78 Å². The molecule has 4 aromatic rings. The first-order valence-corrected chi connectivity index (χ1v) is 7.65. The maximum atomic E-state index is 12.4. The minimum absolute atomic E-state index is 0.0791. The maximum absolute atomic E-state index is 12.4. The lowest BCUT2D eigenvalue weighted by Crippen LogP contribution is -2.16. The van der Waals surface area contributed by atoms with Crippen LogP contribution in [-0.2, 0) is 5.41 Å². The minimum Gasteiger partial charge on any atom is -0.300 e. The molecule has 0 unspecified atom stereocenters. The zero-order valence-corrected chi connectivity index (χ0v) is 13.4. The van der Waals surface area contributed by atoms with Gasteiger partial charge in [0.25, 0.3) is 5.56 Å². The highest BCUT2D eigenvalue weighted by Crippen LogP contribution is 2.25. The molecular weight excluding hydrogens is 286 g/mol. The van der Waals surface area contributed by atoms with Crippen LogP contribution in [0.3, 0.4) is 0 Å². The van der Waals surface area contributed by atoms with Crippen molar-refractivity contribution in [1.29, 1.82) is 0 Å². The van der Waals surface area contributed by atoms with Gasteiger partial charge in [0.15, 0.2) is 0 Å². The average Bonchev–Trinajstić information content (AvgIpc) is 2.53. The van der Waals surface area contributed by atoms with Crippen LogP contribution in [-0.4, -0.2) is 14.4 Å². The molecule has 4 rings (SSSR count). The molecule has 4 nitrogen and oxygen atoms in total. The fourth-order valence-electron chi connectivity index (χ4n) is 2.89. The van der Waals surface area contributed by atoms with Crippen LogP contribution in [0.1, 0.15) is 26.5 Å². The van der Waals surface area contributed by atoms with Gasteiger partial charge in [0.1, 0.15) is 5.65 Å². The Morgan fingerprint density at radius 3 is 2.61 bits per heavy atom. The first-order chi connectivity index (χ1) is 10.9. The standard InChI is InChI=1S/C19H17N3O/c1-19(2,3)16-10-15-14(11-20-16)18(23)21-17-13-7-5-4-6-12(13)8-9-22(15)17/h4-11H,1-3H3. The first kappa shape index (κ1) is 13.9. The average molecular weight is 303 g/mol. The predicted molar refractivity (Wildman–Crippen MR) is 93.0 cm³/mol. The van der Waals surface area contributed by atoms with Crippen molar-refractivity contribution in [3.63, 3.8) is 0 Å². The van der Waals surface area contributed by atoms with E-state index in [9.17, 15) is 4.79 Å². The Labute approximate surface area is 133 Å². The summed E-state index contributed by atoms with van der Waals surface area (Å²) in [6, 6.07) is 12.0. The van der Waals surface area contributed by atoms with Crippen LogP contribution < -0.4 is 5.56 Å². The number of nitrogens with zero attached hydrogens (tertiary/aromatic N) is 3. The Kier molecular flexibility index (Phi) is 2.79. The van der Waals surface area contributed by atoms with Crippen molar-refractivity contribution in [3.8, 4) is 0 Å². The maximum Gasteiger partial charge on any atom is 0.282 e. The van der Waals surface area contributed by atoms with E-state index in [1.807, 2.05) is 47.0 Å². The summed E-state index contributed by atoms with van der Waals surface area (Å²) in [6.07, 6.45) is 3.62. The molecule has 0 fully saturated rings. The van der Waals surface area contributed by atoms with Gasteiger partial charge in [-0.15, -0.1) is 0 Å². The van der Waals surface area contributed by atoms with E-state index in [4.69, 9.17) is 0 Å². The number of aromatic nitrogens is 3. The molecule has 0 radical (unpaired) electrons. The number of rotatable bonds is 0. The minimum atomic E-state index is -0.232. The van der Waals surface area contributed by atoms with Crippen LogP contribution in [0, 0.1) is 0 Å². The van der Waals surface area contributed by atoms with E-state index >= 15 is 0 Å². The van der Waals surface area contributed by atoms with E-state index in [-0.39, 0.29) is 11.0 Å². The fourth-order valence-corrected chi connectivity index (χ4v) is 2.89. The number of pyridine rings is 2. The monoisotopic (exact) mass is 303 g/mol. The van der Waals surface area contributed by atoms with Gasteiger partial charge in [-0.2, -0.15) is 4.98 Å². The Morgan fingerprint density at radius 1 is 1.04 bits per heavy atom. The molecular formula is C19H17N3O. The van der Waals surface area contributed by atoms with E-state index in [0.29, 0.717) is 11.0 Å². The third-order valence-corrected chi connectivity index (χ3v) is 4.18. The van der Waals surface area contributed by atoms with Crippen LogP contribution in [0.2, 0.25) is 0 Å². The van der Waals surface area contributed by atoms with Crippen molar-refractivity contribution in [2.24, 2.45) is 0 Å². The highest BCUT2D eigenvalue weighted by molar-refractivity contribution is 5.96. The van der Waals surface area contributed by atoms with Gasteiger partial charge in [-0.1, -0.05) is 45.0 Å². The first-order valence-electron chi connectivity index (χ1n) is 7.65. The molecule has 0 N–H and O–H groups in total. The second-order valence-electron chi connectivity index (χ2n) is 6.85.